The Morgan fingerprint density at radius 2 is 1.58 bits per heavy atom. The highest BCUT2D eigenvalue weighted by atomic mass is 19.1. The smallest absolute Gasteiger partial charge is 0.266 e. The Morgan fingerprint density at radius 1 is 0.909 bits per heavy atom. The average Bonchev–Trinajstić information content (AvgIpc) is 3.16. The van der Waals surface area contributed by atoms with Crippen molar-refractivity contribution in [2.24, 2.45) is 0 Å². The molecule has 1 heterocycles. The van der Waals surface area contributed by atoms with Crippen LogP contribution < -0.4 is 10.6 Å². The molecule has 0 radical (unpaired) electrons. The summed E-state index contributed by atoms with van der Waals surface area (Å²) >= 11 is 0. The van der Waals surface area contributed by atoms with Crippen molar-refractivity contribution in [3.8, 4) is 6.07 Å². The van der Waals surface area contributed by atoms with E-state index in [-0.39, 0.29) is 18.0 Å². The minimum absolute atomic E-state index is 0.0624. The van der Waals surface area contributed by atoms with Crippen LogP contribution in [0.15, 0.2) is 90.6 Å². The van der Waals surface area contributed by atoms with Crippen molar-refractivity contribution in [2.45, 2.75) is 6.54 Å². The molecule has 0 aliphatic rings. The van der Waals surface area contributed by atoms with Crippen LogP contribution in [0.2, 0.25) is 0 Å². The Balaban J connectivity index is 1.60. The molecule has 2 N–H and O–H groups in total. The zero-order valence-electron chi connectivity index (χ0n) is 17.5. The number of nitrogens with zero attached hydrogens (tertiary/aromatic N) is 2. The molecule has 0 spiro atoms. The van der Waals surface area contributed by atoms with Gasteiger partial charge in [-0.15, -0.1) is 0 Å². The predicted octanol–water partition coefficient (Wildman–Crippen LogP) is 4.96. The summed E-state index contributed by atoms with van der Waals surface area (Å²) in [6.45, 7) is 0.0624. The minimum Gasteiger partial charge on any atom is -0.337 e. The van der Waals surface area contributed by atoms with Gasteiger partial charge >= 0.3 is 0 Å². The van der Waals surface area contributed by atoms with Gasteiger partial charge in [-0.3, -0.25) is 9.59 Å². The molecule has 3 aromatic carbocycles. The van der Waals surface area contributed by atoms with Gasteiger partial charge in [-0.2, -0.15) is 5.26 Å². The fourth-order valence-corrected chi connectivity index (χ4v) is 3.43. The summed E-state index contributed by atoms with van der Waals surface area (Å²) in [5.41, 5.74) is 2.38. The van der Waals surface area contributed by atoms with Gasteiger partial charge in [-0.1, -0.05) is 36.4 Å². The van der Waals surface area contributed by atoms with Gasteiger partial charge in [0.15, 0.2) is 0 Å². The summed E-state index contributed by atoms with van der Waals surface area (Å²) in [6, 6.07) is 23.8. The van der Waals surface area contributed by atoms with Crippen molar-refractivity contribution in [2.75, 3.05) is 10.6 Å². The number of nitriles is 1. The molecule has 4 aromatic rings. The maximum Gasteiger partial charge on any atom is 0.266 e. The first-order chi connectivity index (χ1) is 16.0. The molecule has 0 fully saturated rings. The van der Waals surface area contributed by atoms with Crippen LogP contribution in [0, 0.1) is 17.1 Å². The topological polar surface area (TPSA) is 86.9 Å². The Kier molecular flexibility index (Phi) is 6.28. The monoisotopic (exact) mass is 438 g/mol. The van der Waals surface area contributed by atoms with Gasteiger partial charge in [0.1, 0.15) is 24.0 Å². The molecular formula is C26H19FN4O2. The quantitative estimate of drug-likeness (QED) is 0.329. The molecule has 0 aliphatic heterocycles. The summed E-state index contributed by atoms with van der Waals surface area (Å²) in [4.78, 5) is 25.1. The molecule has 2 amide bonds. The number of carbonyl (C=O) groups excluding carboxylic acids is 2. The van der Waals surface area contributed by atoms with E-state index in [0.717, 1.165) is 10.9 Å². The molecule has 0 aliphatic carbocycles. The SMILES string of the molecule is N#C/C(=C\c1cn(CC(=O)Nc2ccccc2)c2ccccc12)C(=O)Nc1ccc(F)cc1. The van der Waals surface area contributed by atoms with Crippen molar-refractivity contribution in [1.82, 2.24) is 4.57 Å². The van der Waals surface area contributed by atoms with E-state index in [1.807, 2.05) is 48.5 Å². The first-order valence-corrected chi connectivity index (χ1v) is 10.1. The number of benzene rings is 3. The first kappa shape index (κ1) is 21.5. The van der Waals surface area contributed by atoms with Crippen LogP contribution in [0.25, 0.3) is 17.0 Å². The number of hydrogen-bond donors (Lipinski definition) is 2. The molecule has 4 rings (SSSR count). The van der Waals surface area contributed by atoms with Gasteiger partial charge in [0.25, 0.3) is 5.91 Å². The maximum atomic E-state index is 13.1. The van der Waals surface area contributed by atoms with E-state index in [2.05, 4.69) is 10.6 Å². The second kappa shape index (κ2) is 9.62. The van der Waals surface area contributed by atoms with E-state index in [0.29, 0.717) is 16.9 Å². The number of aromatic nitrogens is 1. The molecule has 6 nitrogen and oxygen atoms in total. The molecule has 162 valence electrons. The molecule has 7 heteroatoms. The van der Waals surface area contributed by atoms with Crippen molar-refractivity contribution in [3.05, 3.63) is 102 Å². The van der Waals surface area contributed by atoms with Gasteiger partial charge in [0.2, 0.25) is 5.91 Å². The third-order valence-electron chi connectivity index (χ3n) is 4.96. The Hall–Kier alpha value is -4.70. The summed E-state index contributed by atoms with van der Waals surface area (Å²) in [5, 5.41) is 15.8. The van der Waals surface area contributed by atoms with Crippen molar-refractivity contribution in [1.29, 1.82) is 5.26 Å². The lowest BCUT2D eigenvalue weighted by atomic mass is 10.1. The zero-order chi connectivity index (χ0) is 23.2. The number of rotatable bonds is 6. The highest BCUT2D eigenvalue weighted by Gasteiger charge is 2.14. The number of anilines is 2. The number of hydrogen-bond acceptors (Lipinski definition) is 3. The number of halogens is 1. The molecule has 0 unspecified atom stereocenters. The molecule has 0 atom stereocenters. The largest absolute Gasteiger partial charge is 0.337 e. The molecule has 0 saturated carbocycles. The lowest BCUT2D eigenvalue weighted by Crippen LogP contribution is -2.18. The predicted molar refractivity (Wildman–Crippen MR) is 126 cm³/mol. The minimum atomic E-state index is -0.609. The van der Waals surface area contributed by atoms with Crippen LogP contribution in [0.5, 0.6) is 0 Å². The van der Waals surface area contributed by atoms with Crippen LogP contribution >= 0.6 is 0 Å². The highest BCUT2D eigenvalue weighted by molar-refractivity contribution is 6.10. The van der Waals surface area contributed by atoms with Crippen molar-refractivity contribution >= 4 is 40.2 Å². The van der Waals surface area contributed by atoms with Crippen LogP contribution in [0.1, 0.15) is 5.56 Å². The molecule has 33 heavy (non-hydrogen) atoms. The standard InChI is InChI=1S/C26H19FN4O2/c27-20-10-12-22(13-11-20)30-26(33)18(15-28)14-19-16-31(24-9-5-4-8-23(19)24)17-25(32)29-21-6-2-1-3-7-21/h1-14,16H,17H2,(H,29,32)(H,30,33)/b18-14+. The number of fused-ring (bicyclic) bond motifs is 1. The van der Waals surface area contributed by atoms with Crippen molar-refractivity contribution in [3.63, 3.8) is 0 Å². The Labute approximate surface area is 189 Å². The zero-order valence-corrected chi connectivity index (χ0v) is 17.5. The lowest BCUT2D eigenvalue weighted by molar-refractivity contribution is -0.116. The van der Waals surface area contributed by atoms with Crippen LogP contribution in [0.3, 0.4) is 0 Å². The first-order valence-electron chi connectivity index (χ1n) is 10.1. The van der Waals surface area contributed by atoms with Gasteiger partial charge in [-0.05, 0) is 48.5 Å². The van der Waals surface area contributed by atoms with Gasteiger partial charge < -0.3 is 15.2 Å². The number of carbonyl (C=O) groups is 2. The van der Waals surface area contributed by atoms with Gasteiger partial charge in [0, 0.05) is 34.0 Å². The third-order valence-corrected chi connectivity index (χ3v) is 4.96. The van der Waals surface area contributed by atoms with Crippen LogP contribution in [-0.2, 0) is 16.1 Å². The van der Waals surface area contributed by atoms with Gasteiger partial charge in [0.05, 0.1) is 0 Å². The molecular weight excluding hydrogens is 419 g/mol. The van der Waals surface area contributed by atoms with E-state index < -0.39 is 11.7 Å². The van der Waals surface area contributed by atoms with E-state index in [1.54, 1.807) is 22.9 Å². The number of nitrogens with one attached hydrogen (secondary N) is 2. The normalized spacial score (nSPS) is 11.1. The fourth-order valence-electron chi connectivity index (χ4n) is 3.43. The highest BCUT2D eigenvalue weighted by Crippen LogP contribution is 2.24. The maximum absolute atomic E-state index is 13.1. The second-order valence-corrected chi connectivity index (χ2v) is 7.27. The van der Waals surface area contributed by atoms with E-state index >= 15 is 0 Å². The van der Waals surface area contributed by atoms with E-state index in [4.69, 9.17) is 0 Å². The number of para-hydroxylation sites is 2. The lowest BCUT2D eigenvalue weighted by Gasteiger charge is -2.07. The molecule has 0 saturated heterocycles. The van der Waals surface area contributed by atoms with E-state index in [1.165, 1.54) is 30.3 Å². The Morgan fingerprint density at radius 3 is 2.30 bits per heavy atom. The summed E-state index contributed by atoms with van der Waals surface area (Å²) in [7, 11) is 0. The summed E-state index contributed by atoms with van der Waals surface area (Å²) < 4.78 is 14.9. The summed E-state index contributed by atoms with van der Waals surface area (Å²) in [6.07, 6.45) is 3.21. The van der Waals surface area contributed by atoms with Gasteiger partial charge in [-0.25, -0.2) is 4.39 Å². The Bertz CT molecular complexity index is 1380. The number of amides is 2. The molecule has 0 bridgehead atoms. The second-order valence-electron chi connectivity index (χ2n) is 7.27. The van der Waals surface area contributed by atoms with Crippen molar-refractivity contribution < 1.29 is 14.0 Å². The average molecular weight is 438 g/mol. The molecule has 1 aromatic heterocycles. The summed E-state index contributed by atoms with van der Waals surface area (Å²) in [5.74, 6) is -1.23. The van der Waals surface area contributed by atoms with Crippen LogP contribution in [0.4, 0.5) is 15.8 Å². The van der Waals surface area contributed by atoms with Crippen LogP contribution in [-0.4, -0.2) is 16.4 Å². The van der Waals surface area contributed by atoms with E-state index in [9.17, 15) is 19.2 Å². The third kappa shape index (κ3) is 5.14. The fraction of sp³-hybridized carbons (Fsp3) is 0.0385.